The van der Waals surface area contributed by atoms with Gasteiger partial charge in [-0.2, -0.15) is 0 Å². The maximum absolute atomic E-state index is 12.6. The van der Waals surface area contributed by atoms with Gasteiger partial charge in [0.2, 0.25) is 0 Å². The van der Waals surface area contributed by atoms with E-state index >= 15 is 0 Å². The zero-order valence-electron chi connectivity index (χ0n) is 13.2. The van der Waals surface area contributed by atoms with Crippen LogP contribution >= 0.6 is 0 Å². The van der Waals surface area contributed by atoms with Crippen LogP contribution in [-0.4, -0.2) is 42.0 Å². The lowest BCUT2D eigenvalue weighted by Crippen LogP contribution is -2.47. The van der Waals surface area contributed by atoms with Gasteiger partial charge < -0.3 is 15.2 Å². The van der Waals surface area contributed by atoms with Gasteiger partial charge in [0, 0.05) is 24.8 Å². The molecular weight excluding hydrogens is 290 g/mol. The number of amides is 1. The lowest BCUT2D eigenvalue weighted by Gasteiger charge is -2.32. The third kappa shape index (κ3) is 3.35. The van der Waals surface area contributed by atoms with Crippen LogP contribution in [0.5, 0.6) is 0 Å². The van der Waals surface area contributed by atoms with Crippen LogP contribution in [0.15, 0.2) is 47.3 Å². The lowest BCUT2D eigenvalue weighted by atomic mass is 10.0. The van der Waals surface area contributed by atoms with E-state index in [0.29, 0.717) is 19.1 Å². The zero-order valence-corrected chi connectivity index (χ0v) is 13.2. The molecule has 23 heavy (non-hydrogen) atoms. The van der Waals surface area contributed by atoms with Gasteiger partial charge in [-0.3, -0.25) is 9.59 Å². The van der Waals surface area contributed by atoms with Crippen molar-refractivity contribution in [3.05, 3.63) is 58.4 Å². The van der Waals surface area contributed by atoms with Crippen LogP contribution in [0, 0.1) is 0 Å². The molecule has 1 aromatic carbocycles. The Hall–Kier alpha value is -2.40. The summed E-state index contributed by atoms with van der Waals surface area (Å²) in [5.41, 5.74) is 1.53. The molecule has 1 aliphatic rings. The summed E-state index contributed by atoms with van der Waals surface area (Å²) in [6, 6.07) is 13.3. The number of H-pyrrole nitrogens is 1. The number of nitrogens with one attached hydrogen (secondary N) is 2. The van der Waals surface area contributed by atoms with Gasteiger partial charge >= 0.3 is 0 Å². The molecule has 2 heterocycles. The fraction of sp³-hybridized carbons (Fsp3) is 0.333. The molecular formula is C18H21N3O2. The first-order valence-corrected chi connectivity index (χ1v) is 7.94. The Bertz CT molecular complexity index is 739. The van der Waals surface area contributed by atoms with Crippen LogP contribution in [0.3, 0.4) is 0 Å². The average Bonchev–Trinajstić information content (AvgIpc) is 2.62. The first kappa shape index (κ1) is 15.5. The van der Waals surface area contributed by atoms with Gasteiger partial charge in [0.25, 0.3) is 11.5 Å². The fourth-order valence-corrected chi connectivity index (χ4v) is 3.00. The summed E-state index contributed by atoms with van der Waals surface area (Å²) in [7, 11) is 1.90. The molecule has 1 saturated heterocycles. The van der Waals surface area contributed by atoms with Crippen LogP contribution in [0.2, 0.25) is 0 Å². The number of carbonyl (C=O) groups excluding carboxylic acids is 1. The number of aromatic nitrogens is 1. The van der Waals surface area contributed by atoms with Crippen molar-refractivity contribution < 1.29 is 4.79 Å². The smallest absolute Gasteiger partial charge is 0.261 e. The summed E-state index contributed by atoms with van der Waals surface area (Å²) in [5, 5.41) is 3.21. The van der Waals surface area contributed by atoms with E-state index in [2.05, 4.69) is 10.3 Å². The summed E-state index contributed by atoms with van der Waals surface area (Å²) < 4.78 is 0. The van der Waals surface area contributed by atoms with Crippen molar-refractivity contribution >= 4 is 5.91 Å². The Morgan fingerprint density at radius 3 is 2.70 bits per heavy atom. The molecule has 3 rings (SSSR count). The maximum atomic E-state index is 12.6. The van der Waals surface area contributed by atoms with Gasteiger partial charge in [0.05, 0.1) is 0 Å². The summed E-state index contributed by atoms with van der Waals surface area (Å²) in [6.45, 7) is 1.35. The quantitative estimate of drug-likeness (QED) is 0.909. The van der Waals surface area contributed by atoms with E-state index in [4.69, 9.17) is 0 Å². The highest BCUT2D eigenvalue weighted by atomic mass is 16.2. The average molecular weight is 311 g/mol. The molecule has 1 amide bonds. The van der Waals surface area contributed by atoms with Crippen molar-refractivity contribution in [2.75, 3.05) is 20.1 Å². The zero-order chi connectivity index (χ0) is 16.2. The Balaban J connectivity index is 1.83. The molecule has 2 aromatic rings. The molecule has 0 radical (unpaired) electrons. The molecule has 120 valence electrons. The summed E-state index contributed by atoms with van der Waals surface area (Å²) in [6.07, 6.45) is 2.01. The highest BCUT2D eigenvalue weighted by molar-refractivity contribution is 5.94. The van der Waals surface area contributed by atoms with Crippen LogP contribution in [0.4, 0.5) is 0 Å². The molecule has 1 fully saturated rings. The van der Waals surface area contributed by atoms with Crippen molar-refractivity contribution in [2.24, 2.45) is 0 Å². The molecule has 0 bridgehead atoms. The number of rotatable bonds is 3. The molecule has 1 atom stereocenters. The summed E-state index contributed by atoms with van der Waals surface area (Å²) >= 11 is 0. The molecule has 1 aliphatic heterocycles. The number of aromatic amines is 1. The van der Waals surface area contributed by atoms with E-state index in [1.807, 2.05) is 37.4 Å². The van der Waals surface area contributed by atoms with E-state index in [-0.39, 0.29) is 17.0 Å². The van der Waals surface area contributed by atoms with Gasteiger partial charge in [0.15, 0.2) is 0 Å². The minimum atomic E-state index is -0.331. The molecule has 0 spiro atoms. The van der Waals surface area contributed by atoms with E-state index in [0.717, 1.165) is 24.1 Å². The normalized spacial score (nSPS) is 18.0. The lowest BCUT2D eigenvalue weighted by molar-refractivity contribution is 0.0696. The van der Waals surface area contributed by atoms with Gasteiger partial charge in [-0.15, -0.1) is 0 Å². The monoisotopic (exact) mass is 311 g/mol. The summed E-state index contributed by atoms with van der Waals surface area (Å²) in [4.78, 5) is 29.5. The Kier molecular flexibility index (Phi) is 4.57. The third-order valence-corrected chi connectivity index (χ3v) is 4.34. The van der Waals surface area contributed by atoms with E-state index in [9.17, 15) is 9.59 Å². The van der Waals surface area contributed by atoms with Crippen molar-refractivity contribution in [3.8, 4) is 11.3 Å². The minimum Gasteiger partial charge on any atom is -0.337 e. The van der Waals surface area contributed by atoms with Crippen molar-refractivity contribution in [1.29, 1.82) is 0 Å². The highest BCUT2D eigenvalue weighted by Gasteiger charge is 2.25. The first-order chi connectivity index (χ1) is 11.2. The van der Waals surface area contributed by atoms with Gasteiger partial charge in [-0.05, 0) is 37.6 Å². The Labute approximate surface area is 135 Å². The SMILES string of the molecule is CNC1CCCN(C(=O)c2ccc(-c3ccccc3)[nH]c2=O)C1. The Morgan fingerprint density at radius 1 is 1.22 bits per heavy atom. The maximum Gasteiger partial charge on any atom is 0.261 e. The fourth-order valence-electron chi connectivity index (χ4n) is 3.00. The largest absolute Gasteiger partial charge is 0.337 e. The Morgan fingerprint density at radius 2 is 2.00 bits per heavy atom. The second kappa shape index (κ2) is 6.79. The molecule has 1 aromatic heterocycles. The van der Waals surface area contributed by atoms with Crippen molar-refractivity contribution in [3.63, 3.8) is 0 Å². The second-order valence-electron chi connectivity index (χ2n) is 5.86. The molecule has 1 unspecified atom stereocenters. The van der Waals surface area contributed by atoms with Crippen LogP contribution < -0.4 is 10.9 Å². The number of likely N-dealkylation sites (tertiary alicyclic amines) is 1. The van der Waals surface area contributed by atoms with Gasteiger partial charge in [-0.1, -0.05) is 30.3 Å². The highest BCUT2D eigenvalue weighted by Crippen LogP contribution is 2.16. The predicted octanol–water partition coefficient (Wildman–Crippen LogP) is 1.87. The van der Waals surface area contributed by atoms with E-state index < -0.39 is 0 Å². The topological polar surface area (TPSA) is 65.2 Å². The molecule has 5 nitrogen and oxygen atoms in total. The van der Waals surface area contributed by atoms with Gasteiger partial charge in [0.1, 0.15) is 5.56 Å². The number of benzene rings is 1. The number of hydrogen-bond acceptors (Lipinski definition) is 3. The summed E-state index contributed by atoms with van der Waals surface area (Å²) in [5.74, 6) is -0.189. The molecule has 5 heteroatoms. The van der Waals surface area contributed by atoms with Gasteiger partial charge in [-0.25, -0.2) is 0 Å². The molecule has 0 saturated carbocycles. The number of likely N-dealkylation sites (N-methyl/N-ethyl adjacent to an activating group) is 1. The van der Waals surface area contributed by atoms with Crippen LogP contribution in [0.25, 0.3) is 11.3 Å². The van der Waals surface area contributed by atoms with Crippen molar-refractivity contribution in [2.45, 2.75) is 18.9 Å². The number of hydrogen-bond donors (Lipinski definition) is 2. The number of carbonyl (C=O) groups is 1. The van der Waals surface area contributed by atoms with Crippen LogP contribution in [0.1, 0.15) is 23.2 Å². The predicted molar refractivity (Wildman–Crippen MR) is 90.5 cm³/mol. The first-order valence-electron chi connectivity index (χ1n) is 7.94. The van der Waals surface area contributed by atoms with E-state index in [1.165, 1.54) is 0 Å². The number of pyridine rings is 1. The standard InChI is InChI=1S/C18H21N3O2/c1-19-14-8-5-11-21(12-14)18(23)15-9-10-16(20-17(15)22)13-6-3-2-4-7-13/h2-4,6-7,9-10,14,19H,5,8,11-12H2,1H3,(H,20,22). The van der Waals surface area contributed by atoms with Crippen molar-refractivity contribution in [1.82, 2.24) is 15.2 Å². The van der Waals surface area contributed by atoms with Crippen LogP contribution in [-0.2, 0) is 0 Å². The number of piperidine rings is 1. The molecule has 2 N–H and O–H groups in total. The van der Waals surface area contributed by atoms with E-state index in [1.54, 1.807) is 17.0 Å². The second-order valence-corrected chi connectivity index (χ2v) is 5.86. The third-order valence-electron chi connectivity index (χ3n) is 4.34. The molecule has 0 aliphatic carbocycles. The minimum absolute atomic E-state index is 0.189. The number of nitrogens with zero attached hydrogens (tertiary/aromatic N) is 1.